The molecule has 2 N–H and O–H groups in total. The lowest BCUT2D eigenvalue weighted by molar-refractivity contribution is -0.116. The molecule has 1 aliphatic rings. The van der Waals surface area contributed by atoms with Crippen LogP contribution in [0.3, 0.4) is 0 Å². The predicted molar refractivity (Wildman–Crippen MR) is 82.5 cm³/mol. The maximum Gasteiger partial charge on any atom is 0.225 e. The highest BCUT2D eigenvalue weighted by molar-refractivity contribution is 5.90. The summed E-state index contributed by atoms with van der Waals surface area (Å²) in [5, 5.41) is 12.3. The third-order valence-electron chi connectivity index (χ3n) is 3.66. The van der Waals surface area contributed by atoms with Crippen LogP contribution in [0.25, 0.3) is 0 Å². The molecule has 0 aliphatic carbocycles. The Morgan fingerprint density at radius 1 is 1.33 bits per heavy atom. The first-order valence-electron chi connectivity index (χ1n) is 7.60. The first-order chi connectivity index (χ1) is 10.2. The summed E-state index contributed by atoms with van der Waals surface area (Å²) >= 11 is 0. The molecule has 0 aromatic heterocycles. The van der Waals surface area contributed by atoms with Crippen LogP contribution in [-0.4, -0.2) is 48.3 Å². The molecule has 1 saturated heterocycles. The standard InChI is InChI=1S/C16H24N2O3/c1-2-21-15-5-3-13(4-6-15)17-16(20)9-12-18-10-7-14(19)8-11-18/h3-6,14,19H,2,7-12H2,1H3,(H,17,20). The van der Waals surface area contributed by atoms with E-state index in [9.17, 15) is 9.90 Å². The highest BCUT2D eigenvalue weighted by atomic mass is 16.5. The van der Waals surface area contributed by atoms with Gasteiger partial charge in [-0.05, 0) is 44.0 Å². The zero-order valence-electron chi connectivity index (χ0n) is 12.5. The van der Waals surface area contributed by atoms with Crippen molar-refractivity contribution in [2.24, 2.45) is 0 Å². The van der Waals surface area contributed by atoms with Crippen molar-refractivity contribution in [2.45, 2.75) is 32.3 Å². The van der Waals surface area contributed by atoms with E-state index in [0.29, 0.717) is 13.0 Å². The van der Waals surface area contributed by atoms with Crippen LogP contribution in [-0.2, 0) is 4.79 Å². The van der Waals surface area contributed by atoms with E-state index in [2.05, 4.69) is 10.2 Å². The molecule has 2 rings (SSSR count). The van der Waals surface area contributed by atoms with Gasteiger partial charge in [-0.1, -0.05) is 0 Å². The van der Waals surface area contributed by atoms with Crippen LogP contribution in [0.5, 0.6) is 5.75 Å². The second-order valence-corrected chi connectivity index (χ2v) is 5.33. The summed E-state index contributed by atoms with van der Waals surface area (Å²) in [6.07, 6.45) is 1.92. The summed E-state index contributed by atoms with van der Waals surface area (Å²) in [6.45, 7) is 5.07. The second kappa shape index (κ2) is 8.00. The van der Waals surface area contributed by atoms with Crippen molar-refractivity contribution in [1.29, 1.82) is 0 Å². The normalized spacial score (nSPS) is 16.7. The average molecular weight is 292 g/mol. The summed E-state index contributed by atoms with van der Waals surface area (Å²) in [7, 11) is 0. The van der Waals surface area contributed by atoms with Gasteiger partial charge in [0.25, 0.3) is 0 Å². The van der Waals surface area contributed by atoms with Gasteiger partial charge in [-0.3, -0.25) is 4.79 Å². The molecule has 1 aliphatic heterocycles. The van der Waals surface area contributed by atoms with Crippen molar-refractivity contribution >= 4 is 11.6 Å². The van der Waals surface area contributed by atoms with Gasteiger partial charge in [0.05, 0.1) is 12.7 Å². The molecule has 1 fully saturated rings. The van der Waals surface area contributed by atoms with Crippen molar-refractivity contribution in [3.8, 4) is 5.75 Å². The summed E-state index contributed by atoms with van der Waals surface area (Å²) in [4.78, 5) is 14.1. The molecule has 1 amide bonds. The van der Waals surface area contributed by atoms with Crippen LogP contribution in [0.1, 0.15) is 26.2 Å². The fourth-order valence-corrected chi connectivity index (χ4v) is 2.43. The van der Waals surface area contributed by atoms with Crippen molar-refractivity contribution in [3.05, 3.63) is 24.3 Å². The highest BCUT2D eigenvalue weighted by Crippen LogP contribution is 2.16. The molecular formula is C16H24N2O3. The Balaban J connectivity index is 1.71. The zero-order valence-corrected chi connectivity index (χ0v) is 12.5. The van der Waals surface area contributed by atoms with Gasteiger partial charge < -0.3 is 20.1 Å². The molecule has 5 heteroatoms. The van der Waals surface area contributed by atoms with Crippen LogP contribution >= 0.6 is 0 Å². The van der Waals surface area contributed by atoms with Crippen LogP contribution in [0.4, 0.5) is 5.69 Å². The van der Waals surface area contributed by atoms with E-state index < -0.39 is 0 Å². The van der Waals surface area contributed by atoms with Crippen molar-refractivity contribution in [3.63, 3.8) is 0 Å². The van der Waals surface area contributed by atoms with Gasteiger partial charge in [0.15, 0.2) is 0 Å². The van der Waals surface area contributed by atoms with Gasteiger partial charge in [-0.25, -0.2) is 0 Å². The fourth-order valence-electron chi connectivity index (χ4n) is 2.43. The van der Waals surface area contributed by atoms with Gasteiger partial charge in [-0.2, -0.15) is 0 Å². The molecule has 0 bridgehead atoms. The van der Waals surface area contributed by atoms with Gasteiger partial charge >= 0.3 is 0 Å². The molecule has 0 saturated carbocycles. The first kappa shape index (κ1) is 15.8. The molecule has 116 valence electrons. The molecule has 0 spiro atoms. The van der Waals surface area contributed by atoms with E-state index >= 15 is 0 Å². The van der Waals surface area contributed by atoms with Crippen molar-refractivity contribution < 1.29 is 14.6 Å². The minimum Gasteiger partial charge on any atom is -0.494 e. The number of hydrogen-bond acceptors (Lipinski definition) is 4. The highest BCUT2D eigenvalue weighted by Gasteiger charge is 2.17. The monoisotopic (exact) mass is 292 g/mol. The second-order valence-electron chi connectivity index (χ2n) is 5.33. The van der Waals surface area contributed by atoms with E-state index in [-0.39, 0.29) is 12.0 Å². The third-order valence-corrected chi connectivity index (χ3v) is 3.66. The maximum absolute atomic E-state index is 11.9. The Morgan fingerprint density at radius 3 is 2.62 bits per heavy atom. The summed E-state index contributed by atoms with van der Waals surface area (Å²) in [6, 6.07) is 7.40. The summed E-state index contributed by atoms with van der Waals surface area (Å²) < 4.78 is 5.36. The topological polar surface area (TPSA) is 61.8 Å². The Morgan fingerprint density at radius 2 is 2.00 bits per heavy atom. The van der Waals surface area contributed by atoms with E-state index in [1.54, 1.807) is 0 Å². The van der Waals surface area contributed by atoms with E-state index in [1.807, 2.05) is 31.2 Å². The minimum absolute atomic E-state index is 0.0188. The Kier molecular flexibility index (Phi) is 6.02. The van der Waals surface area contributed by atoms with Gasteiger partial charge in [-0.15, -0.1) is 0 Å². The molecule has 1 aromatic rings. The van der Waals surface area contributed by atoms with Crippen LogP contribution < -0.4 is 10.1 Å². The molecule has 21 heavy (non-hydrogen) atoms. The largest absolute Gasteiger partial charge is 0.494 e. The van der Waals surface area contributed by atoms with E-state index in [4.69, 9.17) is 4.74 Å². The zero-order chi connectivity index (χ0) is 15.1. The quantitative estimate of drug-likeness (QED) is 0.840. The van der Waals surface area contributed by atoms with Gasteiger partial charge in [0.2, 0.25) is 5.91 Å². The number of hydrogen-bond donors (Lipinski definition) is 2. The lowest BCUT2D eigenvalue weighted by Crippen LogP contribution is -2.37. The first-order valence-corrected chi connectivity index (χ1v) is 7.60. The van der Waals surface area contributed by atoms with E-state index in [0.717, 1.165) is 43.9 Å². The minimum atomic E-state index is -0.168. The van der Waals surface area contributed by atoms with Crippen molar-refractivity contribution in [1.82, 2.24) is 4.90 Å². The number of aliphatic hydroxyl groups is 1. The molecule has 1 heterocycles. The number of aliphatic hydroxyl groups excluding tert-OH is 1. The number of amides is 1. The third kappa shape index (κ3) is 5.36. The number of piperidine rings is 1. The summed E-state index contributed by atoms with van der Waals surface area (Å²) in [5.74, 6) is 0.827. The smallest absolute Gasteiger partial charge is 0.225 e. The molecule has 0 atom stereocenters. The molecular weight excluding hydrogens is 268 g/mol. The van der Waals surface area contributed by atoms with Crippen molar-refractivity contribution in [2.75, 3.05) is 31.6 Å². The molecule has 0 unspecified atom stereocenters. The number of benzene rings is 1. The van der Waals surface area contributed by atoms with Crippen LogP contribution in [0.2, 0.25) is 0 Å². The van der Waals surface area contributed by atoms with Gasteiger partial charge in [0.1, 0.15) is 5.75 Å². The Bertz CT molecular complexity index is 439. The SMILES string of the molecule is CCOc1ccc(NC(=O)CCN2CCC(O)CC2)cc1. The number of rotatable bonds is 6. The number of nitrogens with zero attached hydrogens (tertiary/aromatic N) is 1. The van der Waals surface area contributed by atoms with Crippen LogP contribution in [0.15, 0.2) is 24.3 Å². The lowest BCUT2D eigenvalue weighted by atomic mass is 10.1. The fraction of sp³-hybridized carbons (Fsp3) is 0.562. The lowest BCUT2D eigenvalue weighted by Gasteiger charge is -2.29. The summed E-state index contributed by atoms with van der Waals surface area (Å²) in [5.41, 5.74) is 0.789. The number of carbonyl (C=O) groups excluding carboxylic acids is 1. The molecule has 1 aromatic carbocycles. The Labute approximate surface area is 125 Å². The number of nitrogens with one attached hydrogen (secondary N) is 1. The number of likely N-dealkylation sites (tertiary alicyclic amines) is 1. The van der Waals surface area contributed by atoms with Gasteiger partial charge in [0, 0.05) is 31.7 Å². The average Bonchev–Trinajstić information content (AvgIpc) is 2.49. The van der Waals surface area contributed by atoms with Crippen LogP contribution in [0, 0.1) is 0 Å². The Hall–Kier alpha value is -1.59. The number of anilines is 1. The predicted octanol–water partition coefficient (Wildman–Crippen LogP) is 1.87. The molecule has 5 nitrogen and oxygen atoms in total. The molecule has 0 radical (unpaired) electrons. The number of ether oxygens (including phenoxy) is 1. The number of carbonyl (C=O) groups is 1. The van der Waals surface area contributed by atoms with E-state index in [1.165, 1.54) is 0 Å². The maximum atomic E-state index is 11.9.